The average molecular weight is 300 g/mol. The quantitative estimate of drug-likeness (QED) is 0.905. The molecule has 1 atom stereocenters. The summed E-state index contributed by atoms with van der Waals surface area (Å²) >= 11 is 1.45. The van der Waals surface area contributed by atoms with Gasteiger partial charge in [-0.15, -0.1) is 11.3 Å². The molecule has 0 unspecified atom stereocenters. The Balaban J connectivity index is 1.90. The minimum Gasteiger partial charge on any atom is -0.371 e. The second-order valence-electron chi connectivity index (χ2n) is 6.17. The number of benzene rings is 1. The van der Waals surface area contributed by atoms with Crippen LogP contribution in [0.1, 0.15) is 36.0 Å². The minimum absolute atomic E-state index is 0.0436. The molecule has 1 amide bonds. The first-order chi connectivity index (χ1) is 9.91. The van der Waals surface area contributed by atoms with Crippen molar-refractivity contribution < 1.29 is 4.79 Å². The van der Waals surface area contributed by atoms with Gasteiger partial charge in [0.1, 0.15) is 0 Å². The Hall–Kier alpha value is -1.81. The molecule has 21 heavy (non-hydrogen) atoms. The number of hydrogen-bond donors (Lipinski definition) is 1. The van der Waals surface area contributed by atoms with Crippen LogP contribution in [0.2, 0.25) is 0 Å². The lowest BCUT2D eigenvalue weighted by molar-refractivity contribution is 0.103. The molecule has 1 aromatic heterocycles. The highest BCUT2D eigenvalue weighted by Gasteiger charge is 2.40. The number of hydrogen-bond acceptors (Lipinski definition) is 3. The van der Waals surface area contributed by atoms with E-state index in [0.29, 0.717) is 6.04 Å². The summed E-state index contributed by atoms with van der Waals surface area (Å²) in [6.45, 7) is 6.78. The standard InChI is InChI=1S/C17H20N2OS/c1-11-17(2,3)13-8-7-12(10-14(13)19(11)4)18-16(20)15-6-5-9-21-15/h5-11H,1-4H3,(H,18,20)/t11-/m0/s1. The first-order valence-corrected chi connectivity index (χ1v) is 8.01. The van der Waals surface area contributed by atoms with Gasteiger partial charge in [-0.05, 0) is 36.1 Å². The zero-order valence-electron chi connectivity index (χ0n) is 12.8. The SMILES string of the molecule is C[C@@H]1N(C)c2cc(NC(=O)c3cccs3)ccc2C1(C)C. The highest BCUT2D eigenvalue weighted by atomic mass is 32.1. The Labute approximate surface area is 129 Å². The van der Waals surface area contributed by atoms with Crippen LogP contribution in [0.4, 0.5) is 11.4 Å². The molecule has 110 valence electrons. The average Bonchev–Trinajstić information content (AvgIpc) is 3.04. The number of carbonyl (C=O) groups is 1. The maximum absolute atomic E-state index is 12.1. The lowest BCUT2D eigenvalue weighted by atomic mass is 9.81. The molecule has 4 heteroatoms. The minimum atomic E-state index is -0.0436. The van der Waals surface area contributed by atoms with Gasteiger partial charge >= 0.3 is 0 Å². The molecule has 0 bridgehead atoms. The molecule has 1 aliphatic rings. The largest absolute Gasteiger partial charge is 0.371 e. The predicted octanol–water partition coefficient (Wildman–Crippen LogP) is 4.12. The normalized spacial score (nSPS) is 19.4. The lowest BCUT2D eigenvalue weighted by Crippen LogP contribution is -2.36. The molecular formula is C17H20N2OS. The Kier molecular flexibility index (Phi) is 3.29. The molecule has 1 aliphatic heterocycles. The molecule has 0 saturated carbocycles. The topological polar surface area (TPSA) is 32.3 Å². The summed E-state index contributed by atoms with van der Waals surface area (Å²) in [5, 5.41) is 4.89. The highest BCUT2D eigenvalue weighted by Crippen LogP contribution is 2.45. The summed E-state index contributed by atoms with van der Waals surface area (Å²) in [5.74, 6) is -0.0436. The second-order valence-corrected chi connectivity index (χ2v) is 7.12. The smallest absolute Gasteiger partial charge is 0.265 e. The second kappa shape index (κ2) is 4.88. The van der Waals surface area contributed by atoms with Gasteiger partial charge in [-0.2, -0.15) is 0 Å². The van der Waals surface area contributed by atoms with E-state index in [4.69, 9.17) is 0 Å². The maximum atomic E-state index is 12.1. The fourth-order valence-corrected chi connectivity index (χ4v) is 3.58. The van der Waals surface area contributed by atoms with E-state index in [1.165, 1.54) is 22.6 Å². The van der Waals surface area contributed by atoms with Crippen LogP contribution in [-0.2, 0) is 5.41 Å². The summed E-state index contributed by atoms with van der Waals surface area (Å²) in [6, 6.07) is 10.4. The van der Waals surface area contributed by atoms with Gasteiger partial charge in [0.2, 0.25) is 0 Å². The van der Waals surface area contributed by atoms with Crippen molar-refractivity contribution in [3.63, 3.8) is 0 Å². The number of likely N-dealkylation sites (N-methyl/N-ethyl adjacent to an activating group) is 1. The maximum Gasteiger partial charge on any atom is 0.265 e. The van der Waals surface area contributed by atoms with Crippen LogP contribution < -0.4 is 10.2 Å². The van der Waals surface area contributed by atoms with Gasteiger partial charge in [0.15, 0.2) is 0 Å². The van der Waals surface area contributed by atoms with Crippen LogP contribution in [-0.4, -0.2) is 19.0 Å². The van der Waals surface area contributed by atoms with Crippen molar-refractivity contribution in [2.24, 2.45) is 0 Å². The third-order valence-corrected chi connectivity index (χ3v) is 5.57. The van der Waals surface area contributed by atoms with E-state index >= 15 is 0 Å². The number of carbonyl (C=O) groups excluding carboxylic acids is 1. The summed E-state index contributed by atoms with van der Waals surface area (Å²) in [4.78, 5) is 15.2. The van der Waals surface area contributed by atoms with Gasteiger partial charge in [0, 0.05) is 29.9 Å². The van der Waals surface area contributed by atoms with Crippen LogP contribution in [0.15, 0.2) is 35.7 Å². The van der Waals surface area contributed by atoms with Gasteiger partial charge in [-0.3, -0.25) is 4.79 Å². The van der Waals surface area contributed by atoms with E-state index in [2.05, 4.69) is 50.2 Å². The van der Waals surface area contributed by atoms with E-state index in [1.807, 2.05) is 23.6 Å². The number of rotatable bonds is 2. The molecule has 3 nitrogen and oxygen atoms in total. The number of amides is 1. The van der Waals surface area contributed by atoms with E-state index in [9.17, 15) is 4.79 Å². The van der Waals surface area contributed by atoms with Crippen molar-refractivity contribution in [1.29, 1.82) is 0 Å². The summed E-state index contributed by atoms with van der Waals surface area (Å²) < 4.78 is 0. The number of fused-ring (bicyclic) bond motifs is 1. The van der Waals surface area contributed by atoms with Gasteiger partial charge in [0.25, 0.3) is 5.91 Å². The van der Waals surface area contributed by atoms with Gasteiger partial charge in [0.05, 0.1) is 4.88 Å². The summed E-state index contributed by atoms with van der Waals surface area (Å²) in [5.41, 5.74) is 3.52. The zero-order valence-corrected chi connectivity index (χ0v) is 13.6. The molecule has 3 rings (SSSR count). The number of thiophene rings is 1. The Morgan fingerprint density at radius 2 is 2.10 bits per heavy atom. The monoisotopic (exact) mass is 300 g/mol. The van der Waals surface area contributed by atoms with Crippen molar-refractivity contribution in [2.75, 3.05) is 17.3 Å². The molecule has 0 radical (unpaired) electrons. The van der Waals surface area contributed by atoms with Crippen molar-refractivity contribution in [1.82, 2.24) is 0 Å². The Morgan fingerprint density at radius 3 is 2.76 bits per heavy atom. The van der Waals surface area contributed by atoms with Crippen molar-refractivity contribution in [2.45, 2.75) is 32.2 Å². The van der Waals surface area contributed by atoms with Gasteiger partial charge in [-0.1, -0.05) is 26.0 Å². The van der Waals surface area contributed by atoms with Crippen molar-refractivity contribution in [3.8, 4) is 0 Å². The van der Waals surface area contributed by atoms with Crippen molar-refractivity contribution in [3.05, 3.63) is 46.2 Å². The molecule has 1 N–H and O–H groups in total. The predicted molar refractivity (Wildman–Crippen MR) is 89.6 cm³/mol. The van der Waals surface area contributed by atoms with E-state index < -0.39 is 0 Å². The fourth-order valence-electron chi connectivity index (χ4n) is 2.96. The highest BCUT2D eigenvalue weighted by molar-refractivity contribution is 7.12. The Bertz CT molecular complexity index is 676. The fraction of sp³-hybridized carbons (Fsp3) is 0.353. The third-order valence-electron chi connectivity index (χ3n) is 4.70. The van der Waals surface area contributed by atoms with Crippen molar-refractivity contribution >= 4 is 28.6 Å². The summed E-state index contributed by atoms with van der Waals surface area (Å²) in [6.07, 6.45) is 0. The molecule has 2 heterocycles. The van der Waals surface area contributed by atoms with Crippen LogP contribution >= 0.6 is 11.3 Å². The van der Waals surface area contributed by atoms with Gasteiger partial charge < -0.3 is 10.2 Å². The number of nitrogens with zero attached hydrogens (tertiary/aromatic N) is 1. The first-order valence-electron chi connectivity index (χ1n) is 7.13. The molecular weight excluding hydrogens is 280 g/mol. The number of anilines is 2. The summed E-state index contributed by atoms with van der Waals surface area (Å²) in [7, 11) is 2.11. The molecule has 1 aromatic carbocycles. The lowest BCUT2D eigenvalue weighted by Gasteiger charge is -2.28. The van der Waals surface area contributed by atoms with E-state index in [0.717, 1.165) is 10.6 Å². The van der Waals surface area contributed by atoms with E-state index in [-0.39, 0.29) is 11.3 Å². The Morgan fingerprint density at radius 1 is 1.33 bits per heavy atom. The van der Waals surface area contributed by atoms with Crippen LogP contribution in [0, 0.1) is 0 Å². The third kappa shape index (κ3) is 2.23. The zero-order chi connectivity index (χ0) is 15.2. The molecule has 0 saturated heterocycles. The van der Waals surface area contributed by atoms with Crippen LogP contribution in [0.25, 0.3) is 0 Å². The first kappa shape index (κ1) is 14.1. The van der Waals surface area contributed by atoms with E-state index in [1.54, 1.807) is 0 Å². The molecule has 2 aromatic rings. The molecule has 0 spiro atoms. The van der Waals surface area contributed by atoms with Gasteiger partial charge in [-0.25, -0.2) is 0 Å². The van der Waals surface area contributed by atoms with Crippen LogP contribution in [0.5, 0.6) is 0 Å². The number of nitrogens with one attached hydrogen (secondary N) is 1. The molecule has 0 fully saturated rings. The molecule has 0 aliphatic carbocycles. The van der Waals surface area contributed by atoms with Crippen LogP contribution in [0.3, 0.4) is 0 Å².